The van der Waals surface area contributed by atoms with Gasteiger partial charge in [0.25, 0.3) is 0 Å². The highest BCUT2D eigenvalue weighted by Crippen LogP contribution is 2.33. The highest BCUT2D eigenvalue weighted by atomic mass is 14.9. The van der Waals surface area contributed by atoms with Gasteiger partial charge in [-0.1, -0.05) is 0 Å². The standard InChI is InChI=1S/C12H16N2/c1-2-9(1)7-11-5-6-13-12(14-11)8-10-3-4-10/h5-6,9-10H,1-4,7-8H2. The van der Waals surface area contributed by atoms with Crippen LogP contribution in [0.25, 0.3) is 0 Å². The molecule has 2 aliphatic rings. The van der Waals surface area contributed by atoms with Crippen LogP contribution in [0.3, 0.4) is 0 Å². The number of aromatic nitrogens is 2. The lowest BCUT2D eigenvalue weighted by Gasteiger charge is -2.01. The zero-order chi connectivity index (χ0) is 9.38. The minimum Gasteiger partial charge on any atom is -0.241 e. The second-order valence-corrected chi connectivity index (χ2v) is 4.76. The van der Waals surface area contributed by atoms with Gasteiger partial charge in [0.15, 0.2) is 0 Å². The topological polar surface area (TPSA) is 25.8 Å². The van der Waals surface area contributed by atoms with E-state index in [2.05, 4.69) is 16.0 Å². The van der Waals surface area contributed by atoms with Crippen molar-refractivity contribution >= 4 is 0 Å². The Hall–Kier alpha value is -0.920. The summed E-state index contributed by atoms with van der Waals surface area (Å²) < 4.78 is 0. The summed E-state index contributed by atoms with van der Waals surface area (Å²) in [5.41, 5.74) is 1.26. The molecule has 0 aliphatic heterocycles. The molecule has 14 heavy (non-hydrogen) atoms. The minimum absolute atomic E-state index is 0.895. The van der Waals surface area contributed by atoms with Crippen LogP contribution in [0, 0.1) is 11.8 Å². The Bertz CT molecular complexity index is 298. The van der Waals surface area contributed by atoms with Gasteiger partial charge in [0.2, 0.25) is 0 Å². The Labute approximate surface area is 84.8 Å². The van der Waals surface area contributed by atoms with Gasteiger partial charge in [0.1, 0.15) is 5.82 Å². The Kier molecular flexibility index (Phi) is 2.00. The van der Waals surface area contributed by atoms with Crippen molar-refractivity contribution in [3.8, 4) is 0 Å². The van der Waals surface area contributed by atoms with Crippen LogP contribution in [0.4, 0.5) is 0 Å². The van der Waals surface area contributed by atoms with Crippen LogP contribution in [0.5, 0.6) is 0 Å². The van der Waals surface area contributed by atoms with E-state index in [0.29, 0.717) is 0 Å². The second kappa shape index (κ2) is 3.34. The zero-order valence-corrected chi connectivity index (χ0v) is 8.45. The molecule has 74 valence electrons. The zero-order valence-electron chi connectivity index (χ0n) is 8.45. The predicted octanol–water partition coefficient (Wildman–Crippen LogP) is 2.38. The van der Waals surface area contributed by atoms with E-state index in [4.69, 9.17) is 0 Å². The van der Waals surface area contributed by atoms with Crippen LogP contribution in [0.2, 0.25) is 0 Å². The molecular weight excluding hydrogens is 172 g/mol. The van der Waals surface area contributed by atoms with E-state index in [1.807, 2.05) is 6.20 Å². The van der Waals surface area contributed by atoms with Crippen molar-refractivity contribution in [2.75, 3.05) is 0 Å². The van der Waals surface area contributed by atoms with E-state index < -0.39 is 0 Å². The van der Waals surface area contributed by atoms with E-state index in [1.165, 1.54) is 37.8 Å². The maximum atomic E-state index is 4.62. The van der Waals surface area contributed by atoms with Crippen molar-refractivity contribution < 1.29 is 0 Å². The molecule has 2 nitrogen and oxygen atoms in total. The van der Waals surface area contributed by atoms with Gasteiger partial charge in [0, 0.05) is 18.3 Å². The van der Waals surface area contributed by atoms with Crippen molar-refractivity contribution in [1.29, 1.82) is 0 Å². The molecule has 0 bridgehead atoms. The third-order valence-electron chi connectivity index (χ3n) is 3.13. The van der Waals surface area contributed by atoms with E-state index in [9.17, 15) is 0 Å². The molecule has 2 fully saturated rings. The number of rotatable bonds is 4. The lowest BCUT2D eigenvalue weighted by molar-refractivity contribution is 0.734. The predicted molar refractivity (Wildman–Crippen MR) is 54.9 cm³/mol. The van der Waals surface area contributed by atoms with Gasteiger partial charge in [-0.05, 0) is 50.0 Å². The summed E-state index contributed by atoms with van der Waals surface area (Å²) in [6, 6.07) is 2.08. The molecule has 0 radical (unpaired) electrons. The molecule has 3 rings (SSSR count). The molecular formula is C12H16N2. The Morgan fingerprint density at radius 3 is 2.50 bits per heavy atom. The normalized spacial score (nSPS) is 21.1. The Morgan fingerprint density at radius 2 is 1.79 bits per heavy atom. The van der Waals surface area contributed by atoms with Gasteiger partial charge in [-0.2, -0.15) is 0 Å². The fraction of sp³-hybridized carbons (Fsp3) is 0.667. The molecule has 1 heterocycles. The van der Waals surface area contributed by atoms with Crippen LogP contribution in [-0.4, -0.2) is 9.97 Å². The maximum absolute atomic E-state index is 4.62. The van der Waals surface area contributed by atoms with Crippen molar-refractivity contribution in [2.24, 2.45) is 11.8 Å². The van der Waals surface area contributed by atoms with Crippen molar-refractivity contribution in [1.82, 2.24) is 9.97 Å². The largest absolute Gasteiger partial charge is 0.241 e. The summed E-state index contributed by atoms with van der Waals surface area (Å²) in [6.45, 7) is 0. The lowest BCUT2D eigenvalue weighted by Crippen LogP contribution is -2.00. The van der Waals surface area contributed by atoms with Crippen LogP contribution < -0.4 is 0 Å². The van der Waals surface area contributed by atoms with Gasteiger partial charge >= 0.3 is 0 Å². The SMILES string of the molecule is c1cc(CC2CC2)nc(CC2CC2)n1. The smallest absolute Gasteiger partial charge is 0.128 e. The average Bonchev–Trinajstić information content (AvgIpc) is 3.00. The molecule has 1 aromatic heterocycles. The molecule has 0 saturated heterocycles. The molecule has 0 N–H and O–H groups in total. The van der Waals surface area contributed by atoms with Gasteiger partial charge in [-0.25, -0.2) is 9.97 Å². The fourth-order valence-corrected chi connectivity index (χ4v) is 1.85. The van der Waals surface area contributed by atoms with Gasteiger partial charge < -0.3 is 0 Å². The molecule has 2 heteroatoms. The first kappa shape index (κ1) is 8.39. The molecule has 0 unspecified atom stereocenters. The van der Waals surface area contributed by atoms with Crippen LogP contribution in [0.15, 0.2) is 12.3 Å². The first-order valence-corrected chi connectivity index (χ1v) is 5.71. The van der Waals surface area contributed by atoms with E-state index >= 15 is 0 Å². The maximum Gasteiger partial charge on any atom is 0.128 e. The summed E-state index contributed by atoms with van der Waals surface area (Å²) >= 11 is 0. The third-order valence-corrected chi connectivity index (χ3v) is 3.13. The highest BCUT2D eigenvalue weighted by Gasteiger charge is 2.24. The summed E-state index contributed by atoms with van der Waals surface area (Å²) in [4.78, 5) is 8.96. The van der Waals surface area contributed by atoms with Gasteiger partial charge in [-0.3, -0.25) is 0 Å². The summed E-state index contributed by atoms with van der Waals surface area (Å²) in [5.74, 6) is 2.90. The third kappa shape index (κ3) is 2.11. The van der Waals surface area contributed by atoms with Crippen molar-refractivity contribution in [3.05, 3.63) is 23.8 Å². The molecule has 1 aromatic rings. The van der Waals surface area contributed by atoms with E-state index in [0.717, 1.165) is 24.1 Å². The highest BCUT2D eigenvalue weighted by molar-refractivity contribution is 5.06. The Morgan fingerprint density at radius 1 is 1.07 bits per heavy atom. The lowest BCUT2D eigenvalue weighted by atomic mass is 10.2. The molecule has 0 atom stereocenters. The summed E-state index contributed by atoms with van der Waals surface area (Å²) in [6.07, 6.45) is 9.80. The average molecular weight is 188 g/mol. The number of nitrogens with zero attached hydrogens (tertiary/aromatic N) is 2. The summed E-state index contributed by atoms with van der Waals surface area (Å²) in [7, 11) is 0. The van der Waals surface area contributed by atoms with Crippen LogP contribution in [-0.2, 0) is 12.8 Å². The van der Waals surface area contributed by atoms with Gasteiger partial charge in [0.05, 0.1) is 0 Å². The fourth-order valence-electron chi connectivity index (χ4n) is 1.85. The molecule has 0 spiro atoms. The monoisotopic (exact) mass is 188 g/mol. The van der Waals surface area contributed by atoms with E-state index in [-0.39, 0.29) is 0 Å². The van der Waals surface area contributed by atoms with Crippen LogP contribution in [0.1, 0.15) is 37.2 Å². The van der Waals surface area contributed by atoms with Crippen LogP contribution >= 0.6 is 0 Å². The molecule has 0 amide bonds. The Balaban J connectivity index is 1.68. The molecule has 0 aromatic carbocycles. The number of hydrogen-bond donors (Lipinski definition) is 0. The molecule has 2 saturated carbocycles. The van der Waals surface area contributed by atoms with Crippen molar-refractivity contribution in [3.63, 3.8) is 0 Å². The van der Waals surface area contributed by atoms with E-state index in [1.54, 1.807) is 0 Å². The molecule has 2 aliphatic carbocycles. The van der Waals surface area contributed by atoms with Gasteiger partial charge in [-0.15, -0.1) is 0 Å². The second-order valence-electron chi connectivity index (χ2n) is 4.76. The number of hydrogen-bond acceptors (Lipinski definition) is 2. The first-order chi connectivity index (χ1) is 6.90. The minimum atomic E-state index is 0.895. The van der Waals surface area contributed by atoms with Crippen molar-refractivity contribution in [2.45, 2.75) is 38.5 Å². The summed E-state index contributed by atoms with van der Waals surface area (Å²) in [5, 5.41) is 0. The quantitative estimate of drug-likeness (QED) is 0.725. The first-order valence-electron chi connectivity index (χ1n) is 5.71.